The van der Waals surface area contributed by atoms with Gasteiger partial charge in [-0.25, -0.2) is 9.59 Å². The Morgan fingerprint density at radius 3 is 2.62 bits per heavy atom. The Morgan fingerprint density at radius 2 is 2.00 bits per heavy atom. The monoisotopic (exact) mass is 336 g/mol. The van der Waals surface area contributed by atoms with Crippen molar-refractivity contribution in [3.05, 3.63) is 34.2 Å². The average molecular weight is 336 g/mol. The van der Waals surface area contributed by atoms with E-state index in [-0.39, 0.29) is 17.6 Å². The van der Waals surface area contributed by atoms with Gasteiger partial charge >= 0.3 is 12.1 Å². The first-order valence-electron chi connectivity index (χ1n) is 7.96. The predicted octanol–water partition coefficient (Wildman–Crippen LogP) is 1.89. The Bertz CT molecular complexity index is 674. The van der Waals surface area contributed by atoms with Crippen LogP contribution in [-0.2, 0) is 16.0 Å². The first-order chi connectivity index (χ1) is 11.2. The summed E-state index contributed by atoms with van der Waals surface area (Å²) in [7, 11) is 1.30. The molecule has 24 heavy (non-hydrogen) atoms. The Morgan fingerprint density at radius 1 is 1.29 bits per heavy atom. The van der Waals surface area contributed by atoms with Crippen molar-refractivity contribution >= 4 is 12.1 Å². The van der Waals surface area contributed by atoms with Crippen LogP contribution in [0.4, 0.5) is 4.79 Å². The van der Waals surface area contributed by atoms with Gasteiger partial charge in [-0.3, -0.25) is 4.79 Å². The molecule has 1 unspecified atom stereocenters. The predicted molar refractivity (Wildman–Crippen MR) is 88.0 cm³/mol. The summed E-state index contributed by atoms with van der Waals surface area (Å²) in [5.74, 6) is -0.339. The summed E-state index contributed by atoms with van der Waals surface area (Å²) < 4.78 is 11.5. The van der Waals surface area contributed by atoms with Crippen molar-refractivity contribution in [3.8, 4) is 0 Å². The third-order valence-electron chi connectivity index (χ3n) is 3.80. The summed E-state index contributed by atoms with van der Waals surface area (Å²) in [4.78, 5) is 37.3. The van der Waals surface area contributed by atoms with E-state index in [0.29, 0.717) is 25.2 Å². The summed E-state index contributed by atoms with van der Waals surface area (Å²) in [6.45, 7) is 7.07. The van der Waals surface area contributed by atoms with Crippen molar-refractivity contribution in [1.29, 1.82) is 0 Å². The van der Waals surface area contributed by atoms with Crippen LogP contribution in [0.5, 0.6) is 0 Å². The number of nitrogens with zero attached hydrogens (tertiary/aromatic N) is 2. The van der Waals surface area contributed by atoms with Crippen LogP contribution in [0.2, 0.25) is 0 Å². The molecule has 1 saturated heterocycles. The van der Waals surface area contributed by atoms with Gasteiger partial charge in [0.25, 0.3) is 5.56 Å². The highest BCUT2D eigenvalue weighted by molar-refractivity contribution is 5.88. The minimum absolute atomic E-state index is 0.142. The Labute approximate surface area is 141 Å². The van der Waals surface area contributed by atoms with E-state index in [1.165, 1.54) is 30.0 Å². The van der Waals surface area contributed by atoms with Crippen LogP contribution >= 0.6 is 0 Å². The lowest BCUT2D eigenvalue weighted by molar-refractivity contribution is 0.0287. The fraction of sp³-hybridized carbons (Fsp3) is 0.588. The Kier molecular flexibility index (Phi) is 5.31. The maximum atomic E-state index is 12.1. The molecule has 0 saturated carbocycles. The van der Waals surface area contributed by atoms with Crippen molar-refractivity contribution in [2.75, 3.05) is 20.2 Å². The van der Waals surface area contributed by atoms with Gasteiger partial charge in [-0.05, 0) is 39.2 Å². The van der Waals surface area contributed by atoms with Crippen molar-refractivity contribution < 1.29 is 19.1 Å². The zero-order valence-corrected chi connectivity index (χ0v) is 14.6. The number of amides is 1. The topological polar surface area (TPSA) is 77.8 Å². The molecule has 0 spiro atoms. The SMILES string of the molecule is COC(=O)c1ccc(=O)n(CC2CCN(C(=O)OC(C)(C)C)C2)c1. The molecule has 0 bridgehead atoms. The maximum Gasteiger partial charge on any atom is 0.410 e. The molecule has 0 aliphatic carbocycles. The molecule has 7 heteroatoms. The molecule has 0 aromatic carbocycles. The molecular weight excluding hydrogens is 312 g/mol. The third-order valence-corrected chi connectivity index (χ3v) is 3.80. The minimum atomic E-state index is -0.527. The standard InChI is InChI=1S/C17H24N2O5/c1-17(2,3)24-16(22)18-8-7-12(9-18)10-19-11-13(15(21)23-4)5-6-14(19)20/h5-6,11-12H,7-10H2,1-4H3. The van der Waals surface area contributed by atoms with Gasteiger partial charge in [0.05, 0.1) is 12.7 Å². The van der Waals surface area contributed by atoms with Crippen LogP contribution in [0.15, 0.2) is 23.1 Å². The highest BCUT2D eigenvalue weighted by Gasteiger charge is 2.30. The second-order valence-electron chi connectivity index (χ2n) is 6.98. The van der Waals surface area contributed by atoms with E-state index in [1.54, 1.807) is 4.90 Å². The molecule has 1 aromatic rings. The van der Waals surface area contributed by atoms with E-state index in [4.69, 9.17) is 4.74 Å². The van der Waals surface area contributed by atoms with E-state index in [1.807, 2.05) is 20.8 Å². The Hall–Kier alpha value is -2.31. The summed E-state index contributed by atoms with van der Waals surface area (Å²) >= 11 is 0. The van der Waals surface area contributed by atoms with Gasteiger partial charge in [0.1, 0.15) is 5.60 Å². The number of pyridine rings is 1. The number of methoxy groups -OCH3 is 1. The largest absolute Gasteiger partial charge is 0.465 e. The molecule has 1 fully saturated rings. The second-order valence-corrected chi connectivity index (χ2v) is 6.98. The molecule has 1 aromatic heterocycles. The first-order valence-corrected chi connectivity index (χ1v) is 7.96. The van der Waals surface area contributed by atoms with E-state index < -0.39 is 11.6 Å². The van der Waals surface area contributed by atoms with Gasteiger partial charge < -0.3 is 18.9 Å². The molecule has 2 heterocycles. The molecule has 0 radical (unpaired) electrons. The zero-order valence-electron chi connectivity index (χ0n) is 14.6. The van der Waals surface area contributed by atoms with E-state index in [2.05, 4.69) is 4.74 Å². The smallest absolute Gasteiger partial charge is 0.410 e. The van der Waals surface area contributed by atoms with Gasteiger partial charge in [-0.1, -0.05) is 0 Å². The van der Waals surface area contributed by atoms with Gasteiger partial charge in [-0.15, -0.1) is 0 Å². The maximum absolute atomic E-state index is 12.1. The van der Waals surface area contributed by atoms with E-state index in [9.17, 15) is 14.4 Å². The fourth-order valence-corrected chi connectivity index (χ4v) is 2.66. The zero-order chi connectivity index (χ0) is 17.9. The normalized spacial score (nSPS) is 17.7. The molecule has 7 nitrogen and oxygen atoms in total. The molecule has 1 aliphatic rings. The summed E-state index contributed by atoms with van der Waals surface area (Å²) in [6.07, 6.45) is 1.96. The third kappa shape index (κ3) is 4.59. The van der Waals surface area contributed by atoms with Gasteiger partial charge in [0, 0.05) is 31.9 Å². The van der Waals surface area contributed by atoms with Crippen molar-refractivity contribution in [3.63, 3.8) is 0 Å². The van der Waals surface area contributed by atoms with Gasteiger partial charge in [0.15, 0.2) is 0 Å². The van der Waals surface area contributed by atoms with Crippen LogP contribution < -0.4 is 5.56 Å². The minimum Gasteiger partial charge on any atom is -0.465 e. The number of carbonyl (C=O) groups is 2. The number of aromatic nitrogens is 1. The summed E-state index contributed by atoms with van der Waals surface area (Å²) in [5.41, 5.74) is -0.376. The lowest BCUT2D eigenvalue weighted by Gasteiger charge is -2.24. The molecule has 0 N–H and O–H groups in total. The van der Waals surface area contributed by atoms with Crippen LogP contribution in [-0.4, -0.2) is 47.3 Å². The molecule has 1 amide bonds. The Balaban J connectivity index is 2.02. The van der Waals surface area contributed by atoms with Crippen LogP contribution in [0.3, 0.4) is 0 Å². The molecule has 1 aliphatic heterocycles. The number of likely N-dealkylation sites (tertiary alicyclic amines) is 1. The number of esters is 1. The van der Waals surface area contributed by atoms with E-state index in [0.717, 1.165) is 6.42 Å². The highest BCUT2D eigenvalue weighted by Crippen LogP contribution is 2.20. The van der Waals surface area contributed by atoms with Gasteiger partial charge in [0.2, 0.25) is 0 Å². The summed E-state index contributed by atoms with van der Waals surface area (Å²) in [5, 5.41) is 0. The molecule has 2 rings (SSSR count). The quantitative estimate of drug-likeness (QED) is 0.788. The first kappa shape index (κ1) is 18.0. The number of rotatable bonds is 3. The highest BCUT2D eigenvalue weighted by atomic mass is 16.6. The fourth-order valence-electron chi connectivity index (χ4n) is 2.66. The lowest BCUT2D eigenvalue weighted by Crippen LogP contribution is -2.35. The van der Waals surface area contributed by atoms with Gasteiger partial charge in [-0.2, -0.15) is 0 Å². The van der Waals surface area contributed by atoms with Crippen LogP contribution in [0.1, 0.15) is 37.6 Å². The van der Waals surface area contributed by atoms with Crippen LogP contribution in [0.25, 0.3) is 0 Å². The van der Waals surface area contributed by atoms with Crippen molar-refractivity contribution in [2.24, 2.45) is 5.92 Å². The summed E-state index contributed by atoms with van der Waals surface area (Å²) in [6, 6.07) is 2.80. The van der Waals surface area contributed by atoms with E-state index >= 15 is 0 Å². The lowest BCUT2D eigenvalue weighted by atomic mass is 10.1. The second kappa shape index (κ2) is 7.07. The average Bonchev–Trinajstić information content (AvgIpc) is 2.96. The molecular formula is C17H24N2O5. The van der Waals surface area contributed by atoms with Crippen molar-refractivity contribution in [1.82, 2.24) is 9.47 Å². The molecule has 1 atom stereocenters. The number of carbonyl (C=O) groups excluding carboxylic acids is 2. The number of ether oxygens (including phenoxy) is 2. The number of hydrogen-bond donors (Lipinski definition) is 0. The molecule has 132 valence electrons. The van der Waals surface area contributed by atoms with Crippen molar-refractivity contribution in [2.45, 2.75) is 39.3 Å². The number of hydrogen-bond acceptors (Lipinski definition) is 5. The van der Waals surface area contributed by atoms with Crippen LogP contribution in [0, 0.1) is 5.92 Å².